The molecule has 5 nitrogen and oxygen atoms in total. The topological polar surface area (TPSA) is 52.5 Å². The normalized spacial score (nSPS) is 11.0. The average Bonchev–Trinajstić information content (AvgIpc) is 2.89. The van der Waals surface area contributed by atoms with Crippen molar-refractivity contribution in [2.75, 3.05) is 32.1 Å². The molecule has 0 atom stereocenters. The quantitative estimate of drug-likeness (QED) is 0.840. The van der Waals surface area contributed by atoms with Crippen molar-refractivity contribution in [3.8, 4) is 0 Å². The molecule has 0 aliphatic heterocycles. The van der Waals surface area contributed by atoms with Gasteiger partial charge in [-0.25, -0.2) is 4.98 Å². The van der Waals surface area contributed by atoms with Gasteiger partial charge in [0.1, 0.15) is 0 Å². The first-order valence-corrected chi connectivity index (χ1v) is 7.33. The van der Waals surface area contributed by atoms with Gasteiger partial charge < -0.3 is 10.0 Å². The highest BCUT2D eigenvalue weighted by molar-refractivity contribution is 7.09. The Kier molecular flexibility index (Phi) is 5.46. The summed E-state index contributed by atoms with van der Waals surface area (Å²) in [5.41, 5.74) is 1.23. The van der Waals surface area contributed by atoms with E-state index in [9.17, 15) is 5.11 Å². The summed E-state index contributed by atoms with van der Waals surface area (Å²) < 4.78 is 4.37. The van der Waals surface area contributed by atoms with Crippen molar-refractivity contribution in [2.45, 2.75) is 13.1 Å². The van der Waals surface area contributed by atoms with Crippen LogP contribution >= 0.6 is 11.5 Å². The lowest BCUT2D eigenvalue weighted by Gasteiger charge is -2.19. The summed E-state index contributed by atoms with van der Waals surface area (Å²) in [6.07, 6.45) is 0. The number of hydrogen-bond donors (Lipinski definition) is 1. The molecule has 0 fully saturated rings. The molecule has 0 spiro atoms. The zero-order valence-corrected chi connectivity index (χ0v) is 12.7. The molecule has 20 heavy (non-hydrogen) atoms. The van der Waals surface area contributed by atoms with E-state index in [1.54, 1.807) is 0 Å². The largest absolute Gasteiger partial charge is 0.395 e. The number of rotatable bonds is 7. The second-order valence-electron chi connectivity index (χ2n) is 4.81. The molecular formula is C14H20N4OS. The molecule has 0 saturated heterocycles. The van der Waals surface area contributed by atoms with Crippen molar-refractivity contribution in [3.63, 3.8) is 0 Å². The minimum absolute atomic E-state index is 0.136. The summed E-state index contributed by atoms with van der Waals surface area (Å²) in [6.45, 7) is 2.20. The number of aliphatic hydroxyl groups excluding tert-OH is 1. The third-order valence-electron chi connectivity index (χ3n) is 2.87. The van der Waals surface area contributed by atoms with Gasteiger partial charge in [-0.05, 0) is 5.56 Å². The van der Waals surface area contributed by atoms with Gasteiger partial charge in [0.05, 0.1) is 13.2 Å². The van der Waals surface area contributed by atoms with E-state index in [1.807, 2.05) is 37.2 Å². The molecule has 1 N–H and O–H groups in total. The van der Waals surface area contributed by atoms with Crippen LogP contribution in [0.1, 0.15) is 11.4 Å². The van der Waals surface area contributed by atoms with E-state index >= 15 is 0 Å². The Morgan fingerprint density at radius 1 is 1.15 bits per heavy atom. The Bertz CT molecular complexity index is 515. The Morgan fingerprint density at radius 3 is 2.50 bits per heavy atom. The molecule has 2 aromatic rings. The number of aliphatic hydroxyl groups is 1. The standard InChI is InChI=1S/C14H20N4OS/c1-17(2)14-15-13(16-20-14)11-18(8-9-19)10-12-6-4-3-5-7-12/h3-7,19H,8-11H2,1-2H3. The second kappa shape index (κ2) is 7.33. The van der Waals surface area contributed by atoms with Crippen LogP contribution in [-0.4, -0.2) is 46.6 Å². The van der Waals surface area contributed by atoms with Gasteiger partial charge in [-0.1, -0.05) is 30.3 Å². The monoisotopic (exact) mass is 292 g/mol. The first-order chi connectivity index (χ1) is 9.69. The van der Waals surface area contributed by atoms with Crippen LogP contribution in [0.3, 0.4) is 0 Å². The highest BCUT2D eigenvalue weighted by Crippen LogP contribution is 2.16. The minimum atomic E-state index is 0.136. The fraction of sp³-hybridized carbons (Fsp3) is 0.429. The molecule has 0 bridgehead atoms. The van der Waals surface area contributed by atoms with E-state index in [4.69, 9.17) is 0 Å². The van der Waals surface area contributed by atoms with E-state index in [0.717, 1.165) is 17.5 Å². The molecule has 0 aliphatic carbocycles. The third-order valence-corrected chi connectivity index (χ3v) is 3.79. The van der Waals surface area contributed by atoms with Gasteiger partial charge in [-0.3, -0.25) is 4.90 Å². The van der Waals surface area contributed by atoms with Crippen molar-refractivity contribution < 1.29 is 5.11 Å². The molecule has 0 aliphatic rings. The SMILES string of the molecule is CN(C)c1nc(CN(CCO)Cc2ccccc2)ns1. The lowest BCUT2D eigenvalue weighted by molar-refractivity contribution is 0.182. The second-order valence-corrected chi connectivity index (χ2v) is 5.54. The summed E-state index contributed by atoms with van der Waals surface area (Å²) in [4.78, 5) is 8.59. The van der Waals surface area contributed by atoms with E-state index in [2.05, 4.69) is 26.4 Å². The smallest absolute Gasteiger partial charge is 0.204 e. The van der Waals surface area contributed by atoms with Crippen LogP contribution in [0.25, 0.3) is 0 Å². The van der Waals surface area contributed by atoms with Crippen LogP contribution in [0.15, 0.2) is 30.3 Å². The highest BCUT2D eigenvalue weighted by Gasteiger charge is 2.11. The van der Waals surface area contributed by atoms with E-state index in [-0.39, 0.29) is 6.61 Å². The van der Waals surface area contributed by atoms with Gasteiger partial charge in [0, 0.05) is 38.7 Å². The number of anilines is 1. The Labute approximate surface area is 123 Å². The lowest BCUT2D eigenvalue weighted by Crippen LogP contribution is -2.26. The van der Waals surface area contributed by atoms with E-state index in [0.29, 0.717) is 13.1 Å². The summed E-state index contributed by atoms with van der Waals surface area (Å²) in [5.74, 6) is 0.808. The van der Waals surface area contributed by atoms with Crippen molar-refractivity contribution >= 4 is 16.7 Å². The third kappa shape index (κ3) is 4.26. The lowest BCUT2D eigenvalue weighted by atomic mass is 10.2. The molecule has 0 radical (unpaired) electrons. The molecule has 0 saturated carbocycles. The van der Waals surface area contributed by atoms with Crippen molar-refractivity contribution in [1.82, 2.24) is 14.3 Å². The van der Waals surface area contributed by atoms with Gasteiger partial charge in [0.25, 0.3) is 0 Å². The molecule has 1 aromatic carbocycles. The molecule has 2 rings (SSSR count). The van der Waals surface area contributed by atoms with Crippen LogP contribution in [-0.2, 0) is 13.1 Å². The van der Waals surface area contributed by atoms with E-state index in [1.165, 1.54) is 17.1 Å². The minimum Gasteiger partial charge on any atom is -0.395 e. The van der Waals surface area contributed by atoms with Crippen LogP contribution < -0.4 is 4.90 Å². The van der Waals surface area contributed by atoms with Crippen molar-refractivity contribution in [3.05, 3.63) is 41.7 Å². The van der Waals surface area contributed by atoms with Gasteiger partial charge in [0.15, 0.2) is 5.82 Å². The van der Waals surface area contributed by atoms with Gasteiger partial charge in [-0.15, -0.1) is 0 Å². The Balaban J connectivity index is 2.01. The zero-order valence-electron chi connectivity index (χ0n) is 11.9. The van der Waals surface area contributed by atoms with Crippen LogP contribution in [0.2, 0.25) is 0 Å². The summed E-state index contributed by atoms with van der Waals surface area (Å²) >= 11 is 1.40. The molecule has 1 heterocycles. The Morgan fingerprint density at radius 2 is 1.90 bits per heavy atom. The molecule has 108 valence electrons. The van der Waals surface area contributed by atoms with Crippen LogP contribution in [0, 0.1) is 0 Å². The molecule has 0 unspecified atom stereocenters. The number of nitrogens with zero attached hydrogens (tertiary/aromatic N) is 4. The molecule has 0 amide bonds. The maximum Gasteiger partial charge on any atom is 0.204 e. The van der Waals surface area contributed by atoms with Gasteiger partial charge >= 0.3 is 0 Å². The predicted molar refractivity (Wildman–Crippen MR) is 81.9 cm³/mol. The Hall–Kier alpha value is -1.50. The predicted octanol–water partition coefficient (Wildman–Crippen LogP) is 1.60. The maximum absolute atomic E-state index is 9.20. The van der Waals surface area contributed by atoms with Crippen molar-refractivity contribution in [1.29, 1.82) is 0 Å². The fourth-order valence-electron chi connectivity index (χ4n) is 1.89. The average molecular weight is 292 g/mol. The summed E-state index contributed by atoms with van der Waals surface area (Å²) in [7, 11) is 3.92. The van der Waals surface area contributed by atoms with Gasteiger partial charge in [0.2, 0.25) is 5.13 Å². The van der Waals surface area contributed by atoms with E-state index < -0.39 is 0 Å². The summed E-state index contributed by atoms with van der Waals surface area (Å²) in [5, 5.41) is 10.1. The van der Waals surface area contributed by atoms with Crippen LogP contribution in [0.5, 0.6) is 0 Å². The molecular weight excluding hydrogens is 272 g/mol. The van der Waals surface area contributed by atoms with Gasteiger partial charge in [-0.2, -0.15) is 4.37 Å². The number of hydrogen-bond acceptors (Lipinski definition) is 6. The van der Waals surface area contributed by atoms with Crippen molar-refractivity contribution in [2.24, 2.45) is 0 Å². The highest BCUT2D eigenvalue weighted by atomic mass is 32.1. The summed E-state index contributed by atoms with van der Waals surface area (Å²) in [6, 6.07) is 10.2. The van der Waals surface area contributed by atoms with Crippen LogP contribution in [0.4, 0.5) is 5.13 Å². The number of benzene rings is 1. The number of aromatic nitrogens is 2. The first-order valence-electron chi connectivity index (χ1n) is 6.56. The first kappa shape index (κ1) is 14.9. The zero-order chi connectivity index (χ0) is 14.4. The molecule has 1 aromatic heterocycles. The maximum atomic E-state index is 9.20. The fourth-order valence-corrected chi connectivity index (χ4v) is 2.48. The molecule has 6 heteroatoms.